The minimum atomic E-state index is -2.87. The van der Waals surface area contributed by atoms with Crippen molar-refractivity contribution in [3.63, 3.8) is 0 Å². The molecule has 0 bridgehead atoms. The van der Waals surface area contributed by atoms with Crippen molar-refractivity contribution in [1.82, 2.24) is 4.98 Å². The average Bonchev–Trinajstić information content (AvgIpc) is 2.68. The van der Waals surface area contributed by atoms with Crippen LogP contribution in [0.1, 0.15) is 32.6 Å². The number of pyridine rings is 1. The monoisotopic (exact) mass is 422 g/mol. The SMILES string of the molecule is Cc1ccc(S(C)(=O)=NC(=O)c2cncc(C#Cc3cccc(Cl)c3)c2)cc1C. The molecular weight excluding hydrogens is 404 g/mol. The van der Waals surface area contributed by atoms with Crippen LogP contribution in [0.5, 0.6) is 0 Å². The molecule has 3 rings (SSSR count). The summed E-state index contributed by atoms with van der Waals surface area (Å²) in [5.74, 6) is 5.35. The molecule has 3 aromatic rings. The smallest absolute Gasteiger partial charge is 0.266 e. The number of aromatic nitrogens is 1. The van der Waals surface area contributed by atoms with Gasteiger partial charge < -0.3 is 0 Å². The Morgan fingerprint density at radius 3 is 2.48 bits per heavy atom. The fourth-order valence-electron chi connectivity index (χ4n) is 2.55. The van der Waals surface area contributed by atoms with E-state index in [4.69, 9.17) is 11.6 Å². The molecule has 0 saturated heterocycles. The van der Waals surface area contributed by atoms with E-state index in [1.54, 1.807) is 36.5 Å². The van der Waals surface area contributed by atoms with Gasteiger partial charge in [-0.25, -0.2) is 4.21 Å². The van der Waals surface area contributed by atoms with E-state index in [1.807, 2.05) is 32.0 Å². The molecule has 146 valence electrons. The fraction of sp³-hybridized carbons (Fsp3) is 0.130. The highest BCUT2D eigenvalue weighted by atomic mass is 35.5. The van der Waals surface area contributed by atoms with Gasteiger partial charge in [-0.1, -0.05) is 35.6 Å². The first-order valence-corrected chi connectivity index (χ1v) is 11.1. The first-order chi connectivity index (χ1) is 13.7. The number of rotatable bonds is 2. The predicted octanol–water partition coefficient (Wildman–Crippen LogP) is 5.05. The Bertz CT molecular complexity index is 1280. The van der Waals surface area contributed by atoms with Crippen LogP contribution in [0.15, 0.2) is 70.2 Å². The number of carbonyl (C=O) groups excluding carboxylic acids is 1. The molecule has 1 heterocycles. The molecule has 4 nitrogen and oxygen atoms in total. The van der Waals surface area contributed by atoms with Gasteiger partial charge in [0.1, 0.15) is 0 Å². The second-order valence-electron chi connectivity index (χ2n) is 6.67. The van der Waals surface area contributed by atoms with Crippen molar-refractivity contribution in [2.24, 2.45) is 4.36 Å². The lowest BCUT2D eigenvalue weighted by molar-refractivity contribution is 0.100. The number of halogens is 1. The Morgan fingerprint density at radius 2 is 1.76 bits per heavy atom. The first-order valence-electron chi connectivity index (χ1n) is 8.81. The van der Waals surface area contributed by atoms with Gasteiger partial charge >= 0.3 is 0 Å². The van der Waals surface area contributed by atoms with Gasteiger partial charge in [0.2, 0.25) is 0 Å². The van der Waals surface area contributed by atoms with Gasteiger partial charge in [-0.3, -0.25) is 9.78 Å². The van der Waals surface area contributed by atoms with Crippen LogP contribution in [0.4, 0.5) is 0 Å². The lowest BCUT2D eigenvalue weighted by Gasteiger charge is -2.07. The number of benzene rings is 2. The van der Waals surface area contributed by atoms with E-state index in [0.29, 0.717) is 15.5 Å². The Morgan fingerprint density at radius 1 is 1.00 bits per heavy atom. The third kappa shape index (κ3) is 5.32. The van der Waals surface area contributed by atoms with Gasteiger partial charge in [0.25, 0.3) is 5.91 Å². The van der Waals surface area contributed by atoms with Crippen LogP contribution < -0.4 is 0 Å². The molecule has 0 saturated carbocycles. The third-order valence-electron chi connectivity index (χ3n) is 4.33. The molecule has 0 spiro atoms. The predicted molar refractivity (Wildman–Crippen MR) is 117 cm³/mol. The number of carbonyl (C=O) groups is 1. The van der Waals surface area contributed by atoms with Gasteiger partial charge in [0.05, 0.1) is 15.3 Å². The molecule has 29 heavy (non-hydrogen) atoms. The minimum absolute atomic E-state index is 0.237. The van der Waals surface area contributed by atoms with Crippen molar-refractivity contribution in [3.8, 4) is 11.8 Å². The van der Waals surface area contributed by atoms with E-state index in [1.165, 1.54) is 12.5 Å². The molecule has 6 heteroatoms. The number of aryl methyl sites for hydroxylation is 2. The maximum absolute atomic E-state index is 13.0. The number of amides is 1. The summed E-state index contributed by atoms with van der Waals surface area (Å²) in [4.78, 5) is 17.2. The molecule has 0 radical (unpaired) electrons. The summed E-state index contributed by atoms with van der Waals surface area (Å²) in [6, 6.07) is 14.2. The highest BCUT2D eigenvalue weighted by Crippen LogP contribution is 2.18. The van der Waals surface area contributed by atoms with Crippen molar-refractivity contribution in [2.75, 3.05) is 6.26 Å². The van der Waals surface area contributed by atoms with Gasteiger partial charge in [-0.05, 0) is 61.4 Å². The Hall–Kier alpha value is -2.94. The number of hydrogen-bond acceptors (Lipinski definition) is 3. The number of hydrogen-bond donors (Lipinski definition) is 0. The molecule has 0 aliphatic rings. The molecule has 1 aromatic heterocycles. The van der Waals surface area contributed by atoms with Crippen molar-refractivity contribution in [2.45, 2.75) is 18.7 Å². The summed E-state index contributed by atoms with van der Waals surface area (Å²) in [7, 11) is -2.87. The second-order valence-corrected chi connectivity index (χ2v) is 9.36. The Kier molecular flexibility index (Phi) is 6.17. The second kappa shape index (κ2) is 8.60. The van der Waals surface area contributed by atoms with E-state index >= 15 is 0 Å². The molecular formula is C23H19ClN2O2S. The van der Waals surface area contributed by atoms with Crippen LogP contribution in [-0.4, -0.2) is 21.4 Å². The van der Waals surface area contributed by atoms with Crippen LogP contribution in [0.3, 0.4) is 0 Å². The highest BCUT2D eigenvalue weighted by Gasteiger charge is 2.13. The highest BCUT2D eigenvalue weighted by molar-refractivity contribution is 7.93. The summed E-state index contributed by atoms with van der Waals surface area (Å²) >= 11 is 5.96. The molecule has 1 unspecified atom stereocenters. The van der Waals surface area contributed by atoms with Crippen LogP contribution in [0, 0.1) is 25.7 Å². The third-order valence-corrected chi connectivity index (χ3v) is 6.21. The van der Waals surface area contributed by atoms with Crippen molar-refractivity contribution >= 4 is 27.2 Å². The van der Waals surface area contributed by atoms with E-state index in [-0.39, 0.29) is 5.56 Å². The zero-order valence-electron chi connectivity index (χ0n) is 16.3. The quantitative estimate of drug-likeness (QED) is 0.543. The van der Waals surface area contributed by atoms with E-state index in [2.05, 4.69) is 21.2 Å². The minimum Gasteiger partial charge on any atom is -0.266 e. The van der Waals surface area contributed by atoms with Crippen molar-refractivity contribution in [3.05, 3.63) is 93.8 Å². The topological polar surface area (TPSA) is 59.4 Å². The van der Waals surface area contributed by atoms with Gasteiger partial charge in [-0.15, -0.1) is 0 Å². The van der Waals surface area contributed by atoms with Crippen LogP contribution in [-0.2, 0) is 9.73 Å². The maximum atomic E-state index is 13.0. The van der Waals surface area contributed by atoms with E-state index in [9.17, 15) is 9.00 Å². The maximum Gasteiger partial charge on any atom is 0.286 e. The van der Waals surface area contributed by atoms with Gasteiger partial charge in [-0.2, -0.15) is 4.36 Å². The zero-order chi connectivity index (χ0) is 21.0. The molecule has 0 fully saturated rings. The molecule has 0 N–H and O–H groups in total. The zero-order valence-corrected chi connectivity index (χ0v) is 17.8. The summed E-state index contributed by atoms with van der Waals surface area (Å²) in [6.07, 6.45) is 4.42. The molecule has 1 atom stereocenters. The Balaban J connectivity index is 1.90. The largest absolute Gasteiger partial charge is 0.286 e. The van der Waals surface area contributed by atoms with Crippen molar-refractivity contribution in [1.29, 1.82) is 0 Å². The van der Waals surface area contributed by atoms with Crippen LogP contribution >= 0.6 is 11.6 Å². The lowest BCUT2D eigenvalue weighted by Crippen LogP contribution is -2.05. The van der Waals surface area contributed by atoms with Gasteiger partial charge in [0, 0.05) is 39.7 Å². The average molecular weight is 423 g/mol. The Labute approximate surface area is 176 Å². The summed E-state index contributed by atoms with van der Waals surface area (Å²) in [5, 5.41) is 0.599. The van der Waals surface area contributed by atoms with E-state index < -0.39 is 15.6 Å². The van der Waals surface area contributed by atoms with Crippen LogP contribution in [0.2, 0.25) is 5.02 Å². The number of nitrogens with zero attached hydrogens (tertiary/aromatic N) is 2. The molecule has 0 aliphatic carbocycles. The van der Waals surface area contributed by atoms with Crippen LogP contribution in [0.25, 0.3) is 0 Å². The summed E-state index contributed by atoms with van der Waals surface area (Å²) in [5.41, 5.74) is 3.64. The fourth-order valence-corrected chi connectivity index (χ4v) is 3.98. The van der Waals surface area contributed by atoms with E-state index in [0.717, 1.165) is 16.7 Å². The summed E-state index contributed by atoms with van der Waals surface area (Å²) < 4.78 is 17.0. The lowest BCUT2D eigenvalue weighted by atomic mass is 10.1. The standard InChI is InChI=1S/C23H19ClN2O2S/c1-16-7-10-22(11-17(16)2)29(3,28)26-23(27)20-12-19(14-25-15-20)9-8-18-5-4-6-21(24)13-18/h4-7,10-15H,1-3H3. The molecule has 1 amide bonds. The molecule has 2 aromatic carbocycles. The molecule has 0 aliphatic heterocycles. The normalized spacial score (nSPS) is 12.4. The van der Waals surface area contributed by atoms with Crippen molar-refractivity contribution < 1.29 is 9.00 Å². The first kappa shape index (κ1) is 20.8. The summed E-state index contributed by atoms with van der Waals surface area (Å²) in [6.45, 7) is 3.91. The van der Waals surface area contributed by atoms with Gasteiger partial charge in [0.15, 0.2) is 0 Å².